The molecular weight excluding hydrogens is 418 g/mol. The van der Waals surface area contributed by atoms with Crippen molar-refractivity contribution in [3.8, 4) is 17.5 Å². The van der Waals surface area contributed by atoms with Crippen molar-refractivity contribution in [2.45, 2.75) is 16.5 Å². The molecule has 154 valence electrons. The average Bonchev–Trinajstić information content (AvgIpc) is 3.24. The Bertz CT molecular complexity index is 1410. The van der Waals surface area contributed by atoms with Crippen molar-refractivity contribution in [3.63, 3.8) is 0 Å². The molecule has 7 nitrogen and oxygen atoms in total. The highest BCUT2D eigenvalue weighted by Gasteiger charge is 2.12. The van der Waals surface area contributed by atoms with Crippen LogP contribution in [-0.4, -0.2) is 24.9 Å². The van der Waals surface area contributed by atoms with Gasteiger partial charge in [-0.3, -0.25) is 4.98 Å². The first-order chi connectivity index (χ1) is 15.8. The Labute approximate surface area is 188 Å². The number of nitrogens with zero attached hydrogens (tertiary/aromatic N) is 5. The molecule has 0 saturated heterocycles. The zero-order valence-electron chi connectivity index (χ0n) is 16.9. The largest absolute Gasteiger partial charge is 0.347 e. The van der Waals surface area contributed by atoms with Gasteiger partial charge in [0.05, 0.1) is 12.5 Å². The molecule has 0 radical (unpaired) electrons. The molecule has 0 fully saturated rings. The van der Waals surface area contributed by atoms with Crippen LogP contribution < -0.4 is 5.32 Å². The van der Waals surface area contributed by atoms with Crippen molar-refractivity contribution < 1.29 is 0 Å². The van der Waals surface area contributed by atoms with Gasteiger partial charge in [-0.2, -0.15) is 15.2 Å². The summed E-state index contributed by atoms with van der Waals surface area (Å²) in [6.07, 6.45) is 5.78. The van der Waals surface area contributed by atoms with Crippen LogP contribution in [0.5, 0.6) is 0 Å². The number of H-pyrrole nitrogens is 1. The van der Waals surface area contributed by atoms with E-state index < -0.39 is 0 Å². The molecule has 0 atom stereocenters. The average molecular weight is 436 g/mol. The lowest BCUT2D eigenvalue weighted by atomic mass is 10.2. The van der Waals surface area contributed by atoms with Crippen LogP contribution in [0.25, 0.3) is 22.2 Å². The van der Waals surface area contributed by atoms with Crippen LogP contribution in [0, 0.1) is 11.3 Å². The van der Waals surface area contributed by atoms with E-state index in [0.29, 0.717) is 23.4 Å². The van der Waals surface area contributed by atoms with Crippen molar-refractivity contribution in [3.05, 3.63) is 84.8 Å². The van der Waals surface area contributed by atoms with Gasteiger partial charge in [-0.25, -0.2) is 4.98 Å². The number of nitriles is 1. The fraction of sp³-hybridized carbons (Fsp3) is 0.0417. The van der Waals surface area contributed by atoms with E-state index in [4.69, 9.17) is 5.26 Å². The molecule has 0 bridgehead atoms. The molecule has 2 aromatic carbocycles. The fourth-order valence-corrected chi connectivity index (χ4v) is 3.99. The van der Waals surface area contributed by atoms with Crippen LogP contribution in [-0.2, 0) is 6.42 Å². The number of hydrogen-bond donors (Lipinski definition) is 2. The minimum atomic E-state index is 0.389. The topological polar surface area (TPSA) is 103 Å². The first-order valence-corrected chi connectivity index (χ1v) is 10.7. The van der Waals surface area contributed by atoms with E-state index in [1.165, 1.54) is 11.8 Å². The molecule has 32 heavy (non-hydrogen) atoms. The molecule has 8 heteroatoms. The molecule has 3 aromatic heterocycles. The third kappa shape index (κ3) is 4.29. The SMILES string of the molecule is N#CCc1ccc(Sc2nc(Nc3[nH]cc4ccccc34)nc(-c3cccnc3)n2)cc1. The summed E-state index contributed by atoms with van der Waals surface area (Å²) < 4.78 is 0. The molecule has 0 saturated carbocycles. The smallest absolute Gasteiger partial charge is 0.232 e. The van der Waals surface area contributed by atoms with E-state index in [1.807, 2.05) is 66.9 Å². The van der Waals surface area contributed by atoms with Gasteiger partial charge >= 0.3 is 0 Å². The van der Waals surface area contributed by atoms with E-state index in [-0.39, 0.29) is 0 Å². The third-order valence-corrected chi connectivity index (χ3v) is 5.66. The number of nitrogens with one attached hydrogen (secondary N) is 2. The van der Waals surface area contributed by atoms with Crippen molar-refractivity contribution in [1.29, 1.82) is 5.26 Å². The third-order valence-electron chi connectivity index (χ3n) is 4.79. The van der Waals surface area contributed by atoms with E-state index in [9.17, 15) is 0 Å². The van der Waals surface area contributed by atoms with Crippen LogP contribution in [0.1, 0.15) is 5.56 Å². The summed E-state index contributed by atoms with van der Waals surface area (Å²) in [5.41, 5.74) is 1.78. The molecule has 0 spiro atoms. The molecule has 0 aliphatic heterocycles. The Morgan fingerprint density at radius 2 is 1.84 bits per heavy atom. The van der Waals surface area contributed by atoms with Crippen LogP contribution in [0.15, 0.2) is 89.3 Å². The summed E-state index contributed by atoms with van der Waals surface area (Å²) in [7, 11) is 0. The predicted molar refractivity (Wildman–Crippen MR) is 125 cm³/mol. The molecule has 0 aliphatic carbocycles. The maximum absolute atomic E-state index is 8.87. The molecule has 5 aromatic rings. The molecule has 0 unspecified atom stereocenters. The normalized spacial score (nSPS) is 10.7. The Morgan fingerprint density at radius 3 is 2.66 bits per heavy atom. The van der Waals surface area contributed by atoms with Crippen LogP contribution >= 0.6 is 11.8 Å². The van der Waals surface area contributed by atoms with Crippen molar-refractivity contribution in [2.24, 2.45) is 0 Å². The second-order valence-electron chi connectivity index (χ2n) is 6.96. The second kappa shape index (κ2) is 8.88. The number of anilines is 2. The lowest BCUT2D eigenvalue weighted by Crippen LogP contribution is -2.03. The second-order valence-corrected chi connectivity index (χ2v) is 8.00. The Morgan fingerprint density at radius 1 is 0.969 bits per heavy atom. The minimum Gasteiger partial charge on any atom is -0.347 e. The van der Waals surface area contributed by atoms with Crippen LogP contribution in [0.2, 0.25) is 0 Å². The van der Waals surface area contributed by atoms with Gasteiger partial charge in [-0.15, -0.1) is 0 Å². The number of pyridine rings is 1. The molecule has 2 N–H and O–H groups in total. The standard InChI is InChI=1S/C24H17N7S/c25-12-11-16-7-9-19(10-8-16)32-24-30-21(18-5-3-13-26-14-18)28-23(31-24)29-22-20-6-2-1-4-17(20)15-27-22/h1-10,13-15,27H,11H2,(H,28,29,30,31). The van der Waals surface area contributed by atoms with Crippen molar-refractivity contribution >= 4 is 34.3 Å². The van der Waals surface area contributed by atoms with Gasteiger partial charge in [-0.05, 0) is 41.6 Å². The summed E-state index contributed by atoms with van der Waals surface area (Å²) in [6.45, 7) is 0. The van der Waals surface area contributed by atoms with E-state index in [1.54, 1.807) is 12.4 Å². The summed E-state index contributed by atoms with van der Waals surface area (Å²) in [6, 6.07) is 21.8. The van der Waals surface area contributed by atoms with Crippen molar-refractivity contribution in [2.75, 3.05) is 5.32 Å². The predicted octanol–water partition coefficient (Wildman–Crippen LogP) is 5.38. The monoisotopic (exact) mass is 435 g/mol. The Kier molecular flexibility index (Phi) is 5.47. The van der Waals surface area contributed by atoms with Crippen LogP contribution in [0.3, 0.4) is 0 Å². The zero-order chi connectivity index (χ0) is 21.8. The number of fused-ring (bicyclic) bond motifs is 1. The first-order valence-electron chi connectivity index (χ1n) is 9.92. The van der Waals surface area contributed by atoms with E-state index in [2.05, 4.69) is 36.3 Å². The van der Waals surface area contributed by atoms with Crippen molar-refractivity contribution in [1.82, 2.24) is 24.9 Å². The maximum Gasteiger partial charge on any atom is 0.232 e. The molecular formula is C24H17N7S. The highest BCUT2D eigenvalue weighted by atomic mass is 32.2. The first kappa shape index (κ1) is 19.7. The van der Waals surface area contributed by atoms with E-state index >= 15 is 0 Å². The molecule has 3 heterocycles. The van der Waals surface area contributed by atoms with Gasteiger partial charge in [0.1, 0.15) is 5.82 Å². The summed E-state index contributed by atoms with van der Waals surface area (Å²) in [4.78, 5) is 22.3. The quantitative estimate of drug-likeness (QED) is 0.369. The summed E-state index contributed by atoms with van der Waals surface area (Å²) >= 11 is 1.44. The lowest BCUT2D eigenvalue weighted by Gasteiger charge is -2.09. The molecule has 0 aliphatic rings. The number of benzene rings is 2. The Balaban J connectivity index is 1.50. The number of hydrogen-bond acceptors (Lipinski definition) is 7. The van der Waals surface area contributed by atoms with Crippen LogP contribution in [0.4, 0.5) is 11.8 Å². The number of aromatic amines is 1. The fourth-order valence-electron chi connectivity index (χ4n) is 3.25. The number of aromatic nitrogens is 5. The van der Waals surface area contributed by atoms with Gasteiger partial charge in [0.25, 0.3) is 0 Å². The summed E-state index contributed by atoms with van der Waals surface area (Å²) in [5, 5.41) is 14.9. The molecule has 0 amide bonds. The number of rotatable bonds is 6. The Hall–Kier alpha value is -4.22. The highest BCUT2D eigenvalue weighted by Crippen LogP contribution is 2.29. The summed E-state index contributed by atoms with van der Waals surface area (Å²) in [5.74, 6) is 1.80. The minimum absolute atomic E-state index is 0.389. The molecule has 5 rings (SSSR count). The van der Waals surface area contributed by atoms with Gasteiger partial charge in [-0.1, -0.05) is 36.4 Å². The lowest BCUT2D eigenvalue weighted by molar-refractivity contribution is 0.918. The van der Waals surface area contributed by atoms with Gasteiger partial charge < -0.3 is 10.3 Å². The zero-order valence-corrected chi connectivity index (χ0v) is 17.7. The van der Waals surface area contributed by atoms with Gasteiger partial charge in [0.2, 0.25) is 5.95 Å². The highest BCUT2D eigenvalue weighted by molar-refractivity contribution is 7.99. The van der Waals surface area contributed by atoms with Gasteiger partial charge in [0, 0.05) is 39.8 Å². The van der Waals surface area contributed by atoms with E-state index in [0.717, 1.165) is 32.6 Å². The maximum atomic E-state index is 8.87. The van der Waals surface area contributed by atoms with Gasteiger partial charge in [0.15, 0.2) is 11.0 Å².